The number of rotatable bonds is 1. The molecule has 16 heavy (non-hydrogen) atoms. The topological polar surface area (TPSA) is 43.8 Å². The summed E-state index contributed by atoms with van der Waals surface area (Å²) in [4.78, 5) is 4.27. The number of anilines is 1. The molecule has 1 saturated carbocycles. The third-order valence-electron chi connectivity index (χ3n) is 3.37. The standard InChI is InChI=1S/C12H14FN3/c13-8-5-6-10-11(7-8)16(12(14)15-10)9-3-1-2-4-9/h5-7,9H,1-4H2,(H2,14,15). The molecule has 3 nitrogen and oxygen atoms in total. The van der Waals surface area contributed by atoms with E-state index in [4.69, 9.17) is 5.73 Å². The van der Waals surface area contributed by atoms with Crippen LogP contribution in [-0.2, 0) is 0 Å². The molecule has 84 valence electrons. The second-order valence-corrected chi connectivity index (χ2v) is 4.41. The van der Waals surface area contributed by atoms with E-state index in [2.05, 4.69) is 4.98 Å². The van der Waals surface area contributed by atoms with E-state index in [0.717, 1.165) is 23.9 Å². The largest absolute Gasteiger partial charge is 0.369 e. The molecule has 1 aromatic carbocycles. The number of halogens is 1. The van der Waals surface area contributed by atoms with E-state index < -0.39 is 0 Å². The zero-order chi connectivity index (χ0) is 11.1. The van der Waals surface area contributed by atoms with Gasteiger partial charge in [-0.2, -0.15) is 0 Å². The van der Waals surface area contributed by atoms with E-state index in [-0.39, 0.29) is 5.82 Å². The quantitative estimate of drug-likeness (QED) is 0.801. The number of aromatic nitrogens is 2. The minimum atomic E-state index is -0.230. The van der Waals surface area contributed by atoms with E-state index in [0.29, 0.717) is 12.0 Å². The molecule has 0 saturated heterocycles. The van der Waals surface area contributed by atoms with Crippen molar-refractivity contribution in [3.8, 4) is 0 Å². The first-order valence-electron chi connectivity index (χ1n) is 5.68. The molecule has 0 bridgehead atoms. The Kier molecular flexibility index (Phi) is 2.09. The van der Waals surface area contributed by atoms with Crippen molar-refractivity contribution in [3.63, 3.8) is 0 Å². The number of nitrogens with zero attached hydrogens (tertiary/aromatic N) is 2. The number of fused-ring (bicyclic) bond motifs is 1. The van der Waals surface area contributed by atoms with Gasteiger partial charge in [0.15, 0.2) is 0 Å². The van der Waals surface area contributed by atoms with Crippen molar-refractivity contribution in [3.05, 3.63) is 24.0 Å². The van der Waals surface area contributed by atoms with Gasteiger partial charge in [-0.25, -0.2) is 9.37 Å². The number of nitrogen functional groups attached to an aromatic ring is 1. The van der Waals surface area contributed by atoms with Gasteiger partial charge in [0.05, 0.1) is 11.0 Å². The van der Waals surface area contributed by atoms with E-state index in [1.807, 2.05) is 4.57 Å². The van der Waals surface area contributed by atoms with Gasteiger partial charge in [-0.05, 0) is 31.0 Å². The summed E-state index contributed by atoms with van der Waals surface area (Å²) >= 11 is 0. The van der Waals surface area contributed by atoms with Crippen molar-refractivity contribution in [2.45, 2.75) is 31.7 Å². The maximum absolute atomic E-state index is 13.2. The predicted molar refractivity (Wildman–Crippen MR) is 61.6 cm³/mol. The Morgan fingerprint density at radius 1 is 1.31 bits per heavy atom. The summed E-state index contributed by atoms with van der Waals surface area (Å²) in [7, 11) is 0. The second kappa shape index (κ2) is 3.47. The van der Waals surface area contributed by atoms with E-state index in [9.17, 15) is 4.39 Å². The van der Waals surface area contributed by atoms with Gasteiger partial charge < -0.3 is 10.3 Å². The van der Waals surface area contributed by atoms with Crippen molar-refractivity contribution in [2.75, 3.05) is 5.73 Å². The van der Waals surface area contributed by atoms with Crippen LogP contribution in [0.25, 0.3) is 11.0 Å². The van der Waals surface area contributed by atoms with Crippen LogP contribution in [0, 0.1) is 5.82 Å². The molecule has 1 aliphatic rings. The Morgan fingerprint density at radius 2 is 2.06 bits per heavy atom. The van der Waals surface area contributed by atoms with Crippen LogP contribution in [0.3, 0.4) is 0 Å². The predicted octanol–water partition coefficient (Wildman–Crippen LogP) is 2.87. The lowest BCUT2D eigenvalue weighted by Gasteiger charge is -2.13. The highest BCUT2D eigenvalue weighted by Crippen LogP contribution is 2.34. The Hall–Kier alpha value is -1.58. The summed E-state index contributed by atoms with van der Waals surface area (Å²) in [6.07, 6.45) is 4.68. The first kappa shape index (κ1) is 9.63. The van der Waals surface area contributed by atoms with Gasteiger partial charge in [0.2, 0.25) is 5.95 Å². The molecule has 0 amide bonds. The third-order valence-corrected chi connectivity index (χ3v) is 3.37. The van der Waals surface area contributed by atoms with E-state index >= 15 is 0 Å². The molecular weight excluding hydrogens is 205 g/mol. The molecule has 1 heterocycles. The van der Waals surface area contributed by atoms with E-state index in [1.165, 1.54) is 25.0 Å². The lowest BCUT2D eigenvalue weighted by Crippen LogP contribution is -2.08. The molecule has 1 fully saturated rings. The SMILES string of the molecule is Nc1nc2ccc(F)cc2n1C1CCCC1. The second-order valence-electron chi connectivity index (χ2n) is 4.41. The van der Waals surface area contributed by atoms with Crippen molar-refractivity contribution >= 4 is 17.0 Å². The summed E-state index contributed by atoms with van der Waals surface area (Å²) in [5.74, 6) is 0.277. The zero-order valence-corrected chi connectivity index (χ0v) is 8.99. The molecule has 2 aromatic rings. The number of benzene rings is 1. The molecule has 1 aromatic heterocycles. The molecule has 0 radical (unpaired) electrons. The molecule has 0 aliphatic heterocycles. The van der Waals surface area contributed by atoms with Gasteiger partial charge in [0.25, 0.3) is 0 Å². The molecule has 1 aliphatic carbocycles. The smallest absolute Gasteiger partial charge is 0.201 e. The molecule has 4 heteroatoms. The van der Waals surface area contributed by atoms with Crippen LogP contribution in [0.1, 0.15) is 31.7 Å². The van der Waals surface area contributed by atoms with Crippen molar-refractivity contribution in [1.82, 2.24) is 9.55 Å². The fourth-order valence-corrected chi connectivity index (χ4v) is 2.63. The van der Waals surface area contributed by atoms with Crippen LogP contribution in [0.15, 0.2) is 18.2 Å². The molecule has 0 spiro atoms. The number of imidazole rings is 1. The van der Waals surface area contributed by atoms with Crippen LogP contribution in [0.2, 0.25) is 0 Å². The van der Waals surface area contributed by atoms with Gasteiger partial charge in [-0.3, -0.25) is 0 Å². The average Bonchev–Trinajstić information content (AvgIpc) is 2.83. The minimum Gasteiger partial charge on any atom is -0.369 e. The van der Waals surface area contributed by atoms with Crippen molar-refractivity contribution < 1.29 is 4.39 Å². The molecule has 3 rings (SSSR count). The normalized spacial score (nSPS) is 17.3. The lowest BCUT2D eigenvalue weighted by molar-refractivity contribution is 0.538. The Labute approximate surface area is 93.1 Å². The number of hydrogen-bond donors (Lipinski definition) is 1. The van der Waals surface area contributed by atoms with Crippen molar-refractivity contribution in [2.24, 2.45) is 0 Å². The number of nitrogens with two attached hydrogens (primary N) is 1. The highest BCUT2D eigenvalue weighted by molar-refractivity contribution is 5.78. The molecule has 2 N–H and O–H groups in total. The number of hydrogen-bond acceptors (Lipinski definition) is 2. The van der Waals surface area contributed by atoms with Crippen LogP contribution < -0.4 is 5.73 Å². The Morgan fingerprint density at radius 3 is 2.81 bits per heavy atom. The van der Waals surface area contributed by atoms with E-state index in [1.54, 1.807) is 6.07 Å². The monoisotopic (exact) mass is 219 g/mol. The van der Waals surface area contributed by atoms with Gasteiger partial charge >= 0.3 is 0 Å². The first-order valence-corrected chi connectivity index (χ1v) is 5.68. The lowest BCUT2D eigenvalue weighted by atomic mass is 10.2. The van der Waals surface area contributed by atoms with Crippen LogP contribution in [0.4, 0.5) is 10.3 Å². The maximum atomic E-state index is 13.2. The van der Waals surface area contributed by atoms with Gasteiger partial charge in [0, 0.05) is 6.04 Å². The summed E-state index contributed by atoms with van der Waals surface area (Å²) in [6, 6.07) is 5.03. The summed E-state index contributed by atoms with van der Waals surface area (Å²) < 4.78 is 15.2. The highest BCUT2D eigenvalue weighted by atomic mass is 19.1. The highest BCUT2D eigenvalue weighted by Gasteiger charge is 2.21. The van der Waals surface area contributed by atoms with Gasteiger partial charge in [0.1, 0.15) is 5.82 Å². The fourth-order valence-electron chi connectivity index (χ4n) is 2.63. The summed E-state index contributed by atoms with van der Waals surface area (Å²) in [5, 5.41) is 0. The van der Waals surface area contributed by atoms with Crippen LogP contribution in [0.5, 0.6) is 0 Å². The first-order chi connectivity index (χ1) is 7.75. The molecule has 0 unspecified atom stereocenters. The summed E-state index contributed by atoms with van der Waals surface area (Å²) in [6.45, 7) is 0. The zero-order valence-electron chi connectivity index (χ0n) is 8.99. The van der Waals surface area contributed by atoms with Crippen molar-refractivity contribution in [1.29, 1.82) is 0 Å². The molecular formula is C12H14FN3. The van der Waals surface area contributed by atoms with Crippen LogP contribution >= 0.6 is 0 Å². The maximum Gasteiger partial charge on any atom is 0.201 e. The fraction of sp³-hybridized carbons (Fsp3) is 0.417. The van der Waals surface area contributed by atoms with Crippen LogP contribution in [-0.4, -0.2) is 9.55 Å². The van der Waals surface area contributed by atoms with Gasteiger partial charge in [-0.1, -0.05) is 12.8 Å². The molecule has 0 atom stereocenters. The Balaban J connectivity index is 2.20. The summed E-state index contributed by atoms with van der Waals surface area (Å²) in [5.41, 5.74) is 7.52. The van der Waals surface area contributed by atoms with Gasteiger partial charge in [-0.15, -0.1) is 0 Å². The Bertz CT molecular complexity index is 526. The minimum absolute atomic E-state index is 0.230. The average molecular weight is 219 g/mol. The third kappa shape index (κ3) is 1.37.